The largest absolute Gasteiger partial charge is 0.494 e. The highest BCUT2D eigenvalue weighted by atomic mass is 16.5. The van der Waals surface area contributed by atoms with Crippen molar-refractivity contribution in [2.45, 2.75) is 12.8 Å². The van der Waals surface area contributed by atoms with E-state index < -0.39 is 0 Å². The van der Waals surface area contributed by atoms with Gasteiger partial charge in [-0.3, -0.25) is 9.59 Å². The van der Waals surface area contributed by atoms with Crippen LogP contribution in [0.4, 0.5) is 5.69 Å². The third kappa shape index (κ3) is 3.17. The van der Waals surface area contributed by atoms with E-state index in [1.807, 2.05) is 36.4 Å². The number of amides is 1. The van der Waals surface area contributed by atoms with Crippen molar-refractivity contribution >= 4 is 22.4 Å². The Kier molecular flexibility index (Phi) is 4.75. The lowest BCUT2D eigenvalue weighted by Crippen LogP contribution is -2.37. The molecule has 0 N–H and O–H groups in total. The molecule has 0 aliphatic carbocycles. The number of carbonyl (C=O) groups is 1. The van der Waals surface area contributed by atoms with E-state index >= 15 is 0 Å². The summed E-state index contributed by atoms with van der Waals surface area (Å²) in [7, 11) is 1.54. The topological polar surface area (TPSA) is 64.4 Å². The summed E-state index contributed by atoms with van der Waals surface area (Å²) in [6.45, 7) is 0.611. The van der Waals surface area contributed by atoms with Crippen molar-refractivity contribution in [3.8, 4) is 11.4 Å². The Morgan fingerprint density at radius 2 is 1.58 bits per heavy atom. The van der Waals surface area contributed by atoms with Gasteiger partial charge in [-0.05, 0) is 42.7 Å². The zero-order valence-electron chi connectivity index (χ0n) is 17.1. The SMILES string of the molecule is COc1ccccc1-n1nc(C(=O)N2CCCc3ccccc32)c2ccccc2c1=O. The molecule has 1 aliphatic rings. The predicted molar refractivity (Wildman–Crippen MR) is 120 cm³/mol. The normalized spacial score (nSPS) is 13.1. The minimum absolute atomic E-state index is 0.216. The predicted octanol–water partition coefficient (Wildman–Crippen LogP) is 3.99. The van der Waals surface area contributed by atoms with E-state index in [9.17, 15) is 9.59 Å². The van der Waals surface area contributed by atoms with Gasteiger partial charge in [0.15, 0.2) is 5.69 Å². The number of benzene rings is 3. The number of hydrogen-bond donors (Lipinski definition) is 0. The molecular weight excluding hydrogens is 390 g/mol. The molecule has 0 spiro atoms. The van der Waals surface area contributed by atoms with Crippen LogP contribution in [0.15, 0.2) is 77.6 Å². The highest BCUT2D eigenvalue weighted by Gasteiger charge is 2.27. The van der Waals surface area contributed by atoms with Crippen LogP contribution in [0.2, 0.25) is 0 Å². The van der Waals surface area contributed by atoms with Crippen LogP contribution < -0.4 is 15.2 Å². The second kappa shape index (κ2) is 7.72. The van der Waals surface area contributed by atoms with E-state index in [1.54, 1.807) is 42.3 Å². The van der Waals surface area contributed by atoms with E-state index in [2.05, 4.69) is 11.2 Å². The second-order valence-corrected chi connectivity index (χ2v) is 7.47. The van der Waals surface area contributed by atoms with Gasteiger partial charge in [0.25, 0.3) is 11.5 Å². The first-order valence-electron chi connectivity index (χ1n) is 10.2. The van der Waals surface area contributed by atoms with E-state index in [1.165, 1.54) is 4.68 Å². The number of hydrogen-bond acceptors (Lipinski definition) is 4. The van der Waals surface area contributed by atoms with E-state index in [-0.39, 0.29) is 17.2 Å². The number of aromatic nitrogens is 2. The molecule has 2 heterocycles. The molecule has 31 heavy (non-hydrogen) atoms. The molecular formula is C25H21N3O3. The lowest BCUT2D eigenvalue weighted by atomic mass is 10.0. The van der Waals surface area contributed by atoms with Gasteiger partial charge in [0.2, 0.25) is 0 Å². The Morgan fingerprint density at radius 1 is 0.903 bits per heavy atom. The van der Waals surface area contributed by atoms with Gasteiger partial charge in [-0.1, -0.05) is 48.5 Å². The molecule has 0 fully saturated rings. The molecule has 1 amide bonds. The summed E-state index contributed by atoms with van der Waals surface area (Å²) in [6, 6.07) is 22.2. The maximum atomic E-state index is 13.7. The average Bonchev–Trinajstić information content (AvgIpc) is 2.84. The van der Waals surface area contributed by atoms with Crippen molar-refractivity contribution < 1.29 is 9.53 Å². The van der Waals surface area contributed by atoms with Crippen molar-refractivity contribution in [3.63, 3.8) is 0 Å². The van der Waals surface area contributed by atoms with E-state index in [0.717, 1.165) is 24.1 Å². The minimum Gasteiger partial charge on any atom is -0.494 e. The van der Waals surface area contributed by atoms with Crippen LogP contribution in [0.5, 0.6) is 5.75 Å². The fourth-order valence-corrected chi connectivity index (χ4v) is 4.19. The Balaban J connectivity index is 1.74. The maximum absolute atomic E-state index is 13.7. The third-order valence-electron chi connectivity index (χ3n) is 5.68. The molecule has 0 unspecified atom stereocenters. The summed E-state index contributed by atoms with van der Waals surface area (Å²) >= 11 is 0. The van der Waals surface area contributed by atoms with Gasteiger partial charge in [-0.25, -0.2) is 0 Å². The number of aryl methyl sites for hydroxylation is 1. The monoisotopic (exact) mass is 411 g/mol. The van der Waals surface area contributed by atoms with Crippen LogP contribution in [-0.2, 0) is 6.42 Å². The molecule has 0 atom stereocenters. The number of ether oxygens (including phenoxy) is 1. The Morgan fingerprint density at radius 3 is 2.39 bits per heavy atom. The molecule has 1 aromatic heterocycles. The number of methoxy groups -OCH3 is 1. The Labute approximate surface area is 179 Å². The van der Waals surface area contributed by atoms with E-state index in [4.69, 9.17) is 4.74 Å². The fraction of sp³-hybridized carbons (Fsp3) is 0.160. The summed E-state index contributed by atoms with van der Waals surface area (Å²) in [4.78, 5) is 28.8. The molecule has 0 saturated heterocycles. The Hall–Kier alpha value is -3.93. The second-order valence-electron chi connectivity index (χ2n) is 7.47. The number of anilines is 1. The number of para-hydroxylation sites is 3. The minimum atomic E-state index is -0.296. The fourth-order valence-electron chi connectivity index (χ4n) is 4.19. The summed E-state index contributed by atoms with van der Waals surface area (Å²) in [5, 5.41) is 5.55. The number of nitrogens with zero attached hydrogens (tertiary/aromatic N) is 3. The molecule has 0 radical (unpaired) electrons. The lowest BCUT2D eigenvalue weighted by molar-refractivity contribution is 0.0980. The molecule has 5 rings (SSSR count). The first kappa shape index (κ1) is 19.1. The zero-order chi connectivity index (χ0) is 21.4. The van der Waals surface area contributed by atoms with Gasteiger partial charge in [0.1, 0.15) is 11.4 Å². The summed E-state index contributed by atoms with van der Waals surface area (Å²) in [5.74, 6) is 0.293. The molecule has 0 bridgehead atoms. The van der Waals surface area contributed by atoms with Gasteiger partial charge < -0.3 is 9.64 Å². The van der Waals surface area contributed by atoms with Crippen molar-refractivity contribution in [3.05, 3.63) is 94.4 Å². The van der Waals surface area contributed by atoms with Gasteiger partial charge in [-0.15, -0.1) is 0 Å². The molecule has 6 heteroatoms. The number of carbonyl (C=O) groups excluding carboxylic acids is 1. The van der Waals surface area contributed by atoms with Crippen LogP contribution in [0.25, 0.3) is 16.5 Å². The number of rotatable bonds is 3. The van der Waals surface area contributed by atoms with Crippen LogP contribution >= 0.6 is 0 Å². The zero-order valence-corrected chi connectivity index (χ0v) is 17.1. The van der Waals surface area contributed by atoms with Gasteiger partial charge in [0.05, 0.1) is 12.5 Å². The van der Waals surface area contributed by atoms with Crippen molar-refractivity contribution in [2.24, 2.45) is 0 Å². The average molecular weight is 411 g/mol. The quantitative estimate of drug-likeness (QED) is 0.511. The summed E-state index contributed by atoms with van der Waals surface area (Å²) < 4.78 is 6.70. The Bertz CT molecular complexity index is 1360. The van der Waals surface area contributed by atoms with Crippen LogP contribution in [-0.4, -0.2) is 29.3 Å². The van der Waals surface area contributed by atoms with Crippen LogP contribution in [0.3, 0.4) is 0 Å². The van der Waals surface area contributed by atoms with Crippen molar-refractivity contribution in [2.75, 3.05) is 18.6 Å². The smallest absolute Gasteiger partial charge is 0.279 e. The molecule has 6 nitrogen and oxygen atoms in total. The van der Waals surface area contributed by atoms with Gasteiger partial charge in [-0.2, -0.15) is 9.78 Å². The highest BCUT2D eigenvalue weighted by Crippen LogP contribution is 2.29. The maximum Gasteiger partial charge on any atom is 0.279 e. The lowest BCUT2D eigenvalue weighted by Gasteiger charge is -2.29. The standard InChI is InChI=1S/C25H21N3O3/c1-31-22-15-7-6-14-21(22)28-24(29)19-12-4-3-11-18(19)23(26-28)25(30)27-16-8-10-17-9-2-5-13-20(17)27/h2-7,9,11-15H,8,10,16H2,1H3. The van der Waals surface area contributed by atoms with E-state index in [0.29, 0.717) is 28.8 Å². The number of fused-ring (bicyclic) bond motifs is 2. The van der Waals surface area contributed by atoms with Crippen molar-refractivity contribution in [1.29, 1.82) is 0 Å². The van der Waals surface area contributed by atoms with Gasteiger partial charge in [0, 0.05) is 17.6 Å². The molecule has 4 aromatic rings. The molecule has 1 aliphatic heterocycles. The van der Waals surface area contributed by atoms with Crippen LogP contribution in [0.1, 0.15) is 22.5 Å². The highest BCUT2D eigenvalue weighted by molar-refractivity contribution is 6.12. The van der Waals surface area contributed by atoms with Crippen molar-refractivity contribution in [1.82, 2.24) is 9.78 Å². The first-order chi connectivity index (χ1) is 15.2. The van der Waals surface area contributed by atoms with Crippen LogP contribution in [0, 0.1) is 0 Å². The molecule has 0 saturated carbocycles. The molecule has 3 aromatic carbocycles. The molecule has 154 valence electrons. The summed E-state index contributed by atoms with van der Waals surface area (Å²) in [6.07, 6.45) is 1.82. The third-order valence-corrected chi connectivity index (χ3v) is 5.68. The van der Waals surface area contributed by atoms with Gasteiger partial charge >= 0.3 is 0 Å². The first-order valence-corrected chi connectivity index (χ1v) is 10.2. The summed E-state index contributed by atoms with van der Waals surface area (Å²) in [5.41, 5.74) is 2.49.